The number of carbonyl (C=O) groups is 3. The van der Waals surface area contributed by atoms with Crippen molar-refractivity contribution in [2.45, 2.75) is 37.8 Å². The van der Waals surface area contributed by atoms with Gasteiger partial charge in [-0.2, -0.15) is 13.9 Å². The van der Waals surface area contributed by atoms with Crippen LogP contribution < -0.4 is 26.0 Å². The molecule has 1 saturated heterocycles. The summed E-state index contributed by atoms with van der Waals surface area (Å²) in [6.07, 6.45) is 4.87. The van der Waals surface area contributed by atoms with Gasteiger partial charge in [0.05, 0.1) is 11.7 Å². The van der Waals surface area contributed by atoms with Gasteiger partial charge in [0.15, 0.2) is 17.9 Å². The minimum Gasteiger partial charge on any atom is -0.543 e. The Morgan fingerprint density at radius 2 is 2.20 bits per heavy atom. The summed E-state index contributed by atoms with van der Waals surface area (Å²) in [4.78, 5) is 48.7. The molecule has 16 heteroatoms. The lowest BCUT2D eigenvalue weighted by molar-refractivity contribution is -0.663. The van der Waals surface area contributed by atoms with Crippen LogP contribution >= 0.6 is 23.3 Å². The number of amides is 2. The summed E-state index contributed by atoms with van der Waals surface area (Å²) < 4.78 is 8.13. The predicted molar refractivity (Wildman–Crippen MR) is 150 cm³/mol. The quantitative estimate of drug-likeness (QED) is 0.0753. The SMILES string of the molecule is CCO/N=C(/C(=O)NC1C(=O)N2C(C(=O)[O-])=C(C[n+]3cccc4c3ccn4CCCNC)CSC12)c1nsc(N)n1. The molecule has 41 heavy (non-hydrogen) atoms. The van der Waals surface area contributed by atoms with E-state index in [1.807, 2.05) is 42.2 Å². The molecule has 0 aliphatic carbocycles. The molecule has 2 aliphatic heterocycles. The third-order valence-electron chi connectivity index (χ3n) is 6.68. The number of aryl methyl sites for hydroxylation is 1. The van der Waals surface area contributed by atoms with Gasteiger partial charge in [0, 0.05) is 47.7 Å². The highest BCUT2D eigenvalue weighted by Crippen LogP contribution is 2.40. The number of carbonyl (C=O) groups excluding carboxylic acids is 3. The molecular formula is C25H29N9O5S2. The Kier molecular flexibility index (Phi) is 8.51. The predicted octanol–water partition coefficient (Wildman–Crippen LogP) is -1.18. The molecule has 0 bridgehead atoms. The molecule has 0 saturated carbocycles. The molecule has 0 radical (unpaired) electrons. The smallest absolute Gasteiger partial charge is 0.278 e. The van der Waals surface area contributed by atoms with Crippen LogP contribution in [0.3, 0.4) is 0 Å². The Hall–Kier alpha value is -4.02. The summed E-state index contributed by atoms with van der Waals surface area (Å²) in [6.45, 7) is 3.90. The Balaban J connectivity index is 1.35. The number of oxime groups is 1. The molecule has 5 heterocycles. The standard InChI is InChI=1S/C25H29N9O5S2/c1-3-39-30-17(20-29-25(26)41-31-20)21(35)28-18-22(36)34-19(24(37)38)14(13-40-23(18)34)12-33-9-4-6-15-16(33)7-11-32(15)10-5-8-27-2/h4,6-7,9,11,18,23,27H,3,5,8,10,12-13H2,1-2H3,(H3-,26,28,29,31,35,37,38)/b30-17+. The third kappa shape index (κ3) is 5.62. The van der Waals surface area contributed by atoms with Crippen LogP contribution in [-0.4, -0.2) is 79.7 Å². The molecular weight excluding hydrogens is 570 g/mol. The van der Waals surface area contributed by atoms with E-state index in [9.17, 15) is 19.5 Å². The fourth-order valence-electron chi connectivity index (χ4n) is 4.83. The number of nitrogens with two attached hydrogens (primary N) is 1. The average molecular weight is 600 g/mol. The Morgan fingerprint density at radius 1 is 1.37 bits per heavy atom. The van der Waals surface area contributed by atoms with E-state index in [1.165, 1.54) is 16.7 Å². The first-order valence-corrected chi connectivity index (χ1v) is 14.8. The maximum Gasteiger partial charge on any atom is 0.278 e. The number of anilines is 1. The normalized spacial score (nSPS) is 18.8. The van der Waals surface area contributed by atoms with Gasteiger partial charge in [-0.15, -0.1) is 11.8 Å². The first-order chi connectivity index (χ1) is 19.8. The topological polar surface area (TPSA) is 184 Å². The van der Waals surface area contributed by atoms with Crippen LogP contribution in [0.1, 0.15) is 19.2 Å². The lowest BCUT2D eigenvalue weighted by atomic mass is 10.0. The van der Waals surface area contributed by atoms with Gasteiger partial charge in [-0.1, -0.05) is 5.16 Å². The molecule has 1 fully saturated rings. The zero-order valence-corrected chi connectivity index (χ0v) is 24.0. The van der Waals surface area contributed by atoms with Gasteiger partial charge in [0.1, 0.15) is 23.5 Å². The maximum atomic E-state index is 13.2. The van der Waals surface area contributed by atoms with E-state index in [-0.39, 0.29) is 35.5 Å². The summed E-state index contributed by atoms with van der Waals surface area (Å²) in [5.41, 5.74) is 7.77. The average Bonchev–Trinajstić information content (AvgIpc) is 3.58. The van der Waals surface area contributed by atoms with Gasteiger partial charge in [0.2, 0.25) is 17.1 Å². The zero-order chi connectivity index (χ0) is 29.1. The minimum atomic E-state index is -1.44. The van der Waals surface area contributed by atoms with Gasteiger partial charge in [-0.25, -0.2) is 0 Å². The summed E-state index contributed by atoms with van der Waals surface area (Å²) in [7, 11) is 1.92. The molecule has 2 aliphatic rings. The second kappa shape index (κ2) is 12.2. The van der Waals surface area contributed by atoms with E-state index in [0.717, 1.165) is 42.1 Å². The highest BCUT2D eigenvalue weighted by Gasteiger charge is 2.53. The van der Waals surface area contributed by atoms with E-state index in [0.29, 0.717) is 11.3 Å². The number of nitrogens with one attached hydrogen (secondary N) is 2. The van der Waals surface area contributed by atoms with Crippen LogP contribution in [0.25, 0.3) is 11.0 Å². The number of aliphatic carboxylic acids is 1. The fourth-order valence-corrected chi connectivity index (χ4v) is 6.60. The highest BCUT2D eigenvalue weighted by molar-refractivity contribution is 8.00. The van der Waals surface area contributed by atoms with Crippen LogP contribution in [0, 0.1) is 0 Å². The molecule has 3 aromatic rings. The van der Waals surface area contributed by atoms with Crippen molar-refractivity contribution < 1.29 is 28.9 Å². The third-order valence-corrected chi connectivity index (χ3v) is 8.56. The van der Waals surface area contributed by atoms with Crippen molar-refractivity contribution in [3.05, 3.63) is 47.7 Å². The number of carboxylic acid groups (broad SMARTS) is 1. The number of pyridine rings is 1. The van der Waals surface area contributed by atoms with Gasteiger partial charge >= 0.3 is 0 Å². The van der Waals surface area contributed by atoms with Gasteiger partial charge in [-0.3, -0.25) is 14.5 Å². The van der Waals surface area contributed by atoms with E-state index < -0.39 is 29.2 Å². The number of carboxylic acids is 1. The summed E-state index contributed by atoms with van der Waals surface area (Å²) in [5, 5.41) is 21.4. The van der Waals surface area contributed by atoms with E-state index in [1.54, 1.807) is 6.92 Å². The number of rotatable bonds is 12. The largest absolute Gasteiger partial charge is 0.543 e. The van der Waals surface area contributed by atoms with Crippen LogP contribution in [0.2, 0.25) is 0 Å². The summed E-state index contributed by atoms with van der Waals surface area (Å²) in [5.74, 6) is -2.44. The van der Waals surface area contributed by atoms with Crippen LogP contribution in [0.15, 0.2) is 47.0 Å². The van der Waals surface area contributed by atoms with Crippen molar-refractivity contribution in [2.24, 2.45) is 5.16 Å². The number of aromatic nitrogens is 4. The number of nitrogens with zero attached hydrogens (tertiary/aromatic N) is 6. The van der Waals surface area contributed by atoms with Crippen LogP contribution in [0.5, 0.6) is 0 Å². The van der Waals surface area contributed by atoms with Crippen molar-refractivity contribution in [1.29, 1.82) is 0 Å². The zero-order valence-electron chi connectivity index (χ0n) is 22.4. The van der Waals surface area contributed by atoms with Gasteiger partial charge in [-0.05, 0) is 33.0 Å². The first-order valence-electron chi connectivity index (χ1n) is 12.9. The summed E-state index contributed by atoms with van der Waals surface area (Å²) in [6, 6.07) is 4.96. The van der Waals surface area contributed by atoms with Crippen LogP contribution in [-0.2, 0) is 32.3 Å². The van der Waals surface area contributed by atoms with Crippen molar-refractivity contribution in [1.82, 2.24) is 29.5 Å². The molecule has 14 nitrogen and oxygen atoms in total. The molecule has 216 valence electrons. The molecule has 0 aromatic carbocycles. The van der Waals surface area contributed by atoms with Gasteiger partial charge < -0.3 is 35.7 Å². The Labute approximate surface area is 243 Å². The first kappa shape index (κ1) is 28.5. The second-order valence-electron chi connectivity index (χ2n) is 9.29. The minimum absolute atomic E-state index is 0.0296. The van der Waals surface area contributed by atoms with Crippen molar-refractivity contribution in [2.75, 3.05) is 31.7 Å². The van der Waals surface area contributed by atoms with Crippen molar-refractivity contribution in [3.63, 3.8) is 0 Å². The van der Waals surface area contributed by atoms with E-state index in [2.05, 4.69) is 29.7 Å². The number of thioether (sulfide) groups is 1. The lowest BCUT2D eigenvalue weighted by Gasteiger charge is -2.50. The Bertz CT molecular complexity index is 1550. The van der Waals surface area contributed by atoms with Crippen LogP contribution in [0.4, 0.5) is 5.13 Å². The molecule has 2 atom stereocenters. The number of hydrogen-bond donors (Lipinski definition) is 3. The van der Waals surface area contributed by atoms with Crippen molar-refractivity contribution in [3.8, 4) is 0 Å². The van der Waals surface area contributed by atoms with E-state index >= 15 is 0 Å². The molecule has 4 N–H and O–H groups in total. The second-order valence-corrected chi connectivity index (χ2v) is 11.2. The molecule has 2 amide bonds. The number of fused-ring (bicyclic) bond motifs is 2. The Morgan fingerprint density at radius 3 is 2.90 bits per heavy atom. The van der Waals surface area contributed by atoms with E-state index in [4.69, 9.17) is 10.6 Å². The maximum absolute atomic E-state index is 13.2. The lowest BCUT2D eigenvalue weighted by Crippen LogP contribution is -2.71. The molecule has 0 spiro atoms. The highest BCUT2D eigenvalue weighted by atomic mass is 32.2. The number of hydrogen-bond acceptors (Lipinski definition) is 12. The van der Waals surface area contributed by atoms with Crippen molar-refractivity contribution >= 4 is 63.0 Å². The number of nitrogen functional groups attached to an aromatic ring is 1. The molecule has 5 rings (SSSR count). The van der Waals surface area contributed by atoms with Gasteiger partial charge in [0.25, 0.3) is 11.8 Å². The summed E-state index contributed by atoms with van der Waals surface area (Å²) >= 11 is 2.25. The fraction of sp³-hybridized carbons (Fsp3) is 0.400. The molecule has 2 unspecified atom stereocenters. The monoisotopic (exact) mass is 599 g/mol. The molecule has 3 aromatic heterocycles. The number of β-lactam (4-membered cyclic amide) rings is 1.